The van der Waals surface area contributed by atoms with Crippen molar-refractivity contribution >= 4 is 0 Å². The van der Waals surface area contributed by atoms with Crippen LogP contribution in [0.2, 0.25) is 0 Å². The monoisotopic (exact) mass is 271 g/mol. The van der Waals surface area contributed by atoms with Crippen LogP contribution in [-0.4, -0.2) is 41.5 Å². The van der Waals surface area contributed by atoms with Gasteiger partial charge in [-0.25, -0.2) is 0 Å². The Bertz CT molecular complexity index is 505. The van der Waals surface area contributed by atoms with Gasteiger partial charge in [0.05, 0.1) is 6.07 Å². The first kappa shape index (κ1) is 15.0. The number of nitriles is 1. The zero-order chi connectivity index (χ0) is 14.8. The largest absolute Gasteiger partial charge is 0.297 e. The first-order chi connectivity index (χ1) is 9.42. The van der Waals surface area contributed by atoms with Crippen LogP contribution >= 0.6 is 0 Å². The quantitative estimate of drug-likeness (QED) is 0.847. The second kappa shape index (κ2) is 5.95. The molecule has 3 nitrogen and oxygen atoms in total. The van der Waals surface area contributed by atoms with Gasteiger partial charge in [0.2, 0.25) is 0 Å². The third-order valence-corrected chi connectivity index (χ3v) is 4.41. The highest BCUT2D eigenvalue weighted by Gasteiger charge is 2.29. The minimum Gasteiger partial charge on any atom is -0.297 e. The summed E-state index contributed by atoms with van der Waals surface area (Å²) in [6.45, 7) is 13.4. The molecule has 0 bridgehead atoms. The van der Waals surface area contributed by atoms with Gasteiger partial charge in [-0.3, -0.25) is 9.80 Å². The van der Waals surface area contributed by atoms with Crippen molar-refractivity contribution in [3.63, 3.8) is 0 Å². The van der Waals surface area contributed by atoms with Crippen LogP contribution in [0, 0.1) is 25.2 Å². The van der Waals surface area contributed by atoms with Crippen molar-refractivity contribution in [2.45, 2.75) is 39.8 Å². The highest BCUT2D eigenvalue weighted by Crippen LogP contribution is 2.18. The molecule has 0 spiro atoms. The summed E-state index contributed by atoms with van der Waals surface area (Å²) in [6, 6.07) is 9.13. The molecule has 3 heteroatoms. The van der Waals surface area contributed by atoms with Crippen molar-refractivity contribution in [1.82, 2.24) is 9.80 Å². The lowest BCUT2D eigenvalue weighted by molar-refractivity contribution is 0.0764. The maximum atomic E-state index is 9.20. The summed E-state index contributed by atoms with van der Waals surface area (Å²) in [7, 11) is 0. The van der Waals surface area contributed by atoms with E-state index in [1.165, 1.54) is 16.7 Å². The summed E-state index contributed by atoms with van der Waals surface area (Å²) in [5.74, 6) is 0. The van der Waals surface area contributed by atoms with Crippen molar-refractivity contribution in [2.75, 3.05) is 26.2 Å². The van der Waals surface area contributed by atoms with Gasteiger partial charge in [0.1, 0.15) is 5.54 Å². The van der Waals surface area contributed by atoms with E-state index in [2.05, 4.69) is 47.9 Å². The molecule has 1 aliphatic heterocycles. The smallest absolute Gasteiger partial charge is 0.103 e. The van der Waals surface area contributed by atoms with Crippen LogP contribution in [0.5, 0.6) is 0 Å². The van der Waals surface area contributed by atoms with Gasteiger partial charge >= 0.3 is 0 Å². The van der Waals surface area contributed by atoms with Crippen molar-refractivity contribution in [3.8, 4) is 6.07 Å². The van der Waals surface area contributed by atoms with Crippen LogP contribution in [0.3, 0.4) is 0 Å². The molecule has 1 heterocycles. The van der Waals surface area contributed by atoms with Gasteiger partial charge in [-0.05, 0) is 44.4 Å². The first-order valence-electron chi connectivity index (χ1n) is 7.37. The van der Waals surface area contributed by atoms with Crippen molar-refractivity contribution < 1.29 is 0 Å². The van der Waals surface area contributed by atoms with Crippen LogP contribution in [0.1, 0.15) is 30.5 Å². The van der Waals surface area contributed by atoms with E-state index >= 15 is 0 Å². The maximum absolute atomic E-state index is 9.20. The molecule has 1 aromatic carbocycles. The standard InChI is InChI=1S/C17H25N3/c1-14-5-6-16(11-15(14)2)12-19-7-9-20(10-8-19)17(3,4)13-18/h5-6,11H,7-10,12H2,1-4H3. The van der Waals surface area contributed by atoms with E-state index in [0.29, 0.717) is 0 Å². The Morgan fingerprint density at radius 3 is 2.30 bits per heavy atom. The van der Waals surface area contributed by atoms with Crippen molar-refractivity contribution in [3.05, 3.63) is 34.9 Å². The molecule has 1 aromatic rings. The fourth-order valence-corrected chi connectivity index (χ4v) is 2.70. The van der Waals surface area contributed by atoms with E-state index in [-0.39, 0.29) is 5.54 Å². The molecule has 1 aliphatic rings. The van der Waals surface area contributed by atoms with Crippen molar-refractivity contribution in [1.29, 1.82) is 5.26 Å². The van der Waals surface area contributed by atoms with Crippen LogP contribution < -0.4 is 0 Å². The molecule has 0 unspecified atom stereocenters. The predicted octanol–water partition coefficient (Wildman–Crippen LogP) is 2.72. The molecule has 2 rings (SSSR count). The van der Waals surface area contributed by atoms with Gasteiger partial charge in [-0.1, -0.05) is 18.2 Å². The Labute approximate surface area is 122 Å². The lowest BCUT2D eigenvalue weighted by Gasteiger charge is -2.40. The third-order valence-electron chi connectivity index (χ3n) is 4.41. The van der Waals surface area contributed by atoms with Crippen LogP contribution in [0.4, 0.5) is 0 Å². The Balaban J connectivity index is 1.92. The number of rotatable bonds is 3. The molecule has 20 heavy (non-hydrogen) atoms. The zero-order valence-electron chi connectivity index (χ0n) is 13.1. The average molecular weight is 271 g/mol. The molecular weight excluding hydrogens is 246 g/mol. The van der Waals surface area contributed by atoms with Crippen LogP contribution in [0.15, 0.2) is 18.2 Å². The van der Waals surface area contributed by atoms with E-state index in [0.717, 1.165) is 32.7 Å². The number of nitrogens with zero attached hydrogens (tertiary/aromatic N) is 3. The average Bonchev–Trinajstić information content (AvgIpc) is 2.43. The van der Waals surface area contributed by atoms with Crippen molar-refractivity contribution in [2.24, 2.45) is 0 Å². The van der Waals surface area contributed by atoms with E-state index in [1.54, 1.807) is 0 Å². The minimum atomic E-state index is -0.341. The zero-order valence-corrected chi connectivity index (χ0v) is 13.1. The highest BCUT2D eigenvalue weighted by atomic mass is 15.3. The second-order valence-electron chi connectivity index (χ2n) is 6.35. The molecule has 1 saturated heterocycles. The summed E-state index contributed by atoms with van der Waals surface area (Å²) in [4.78, 5) is 4.76. The van der Waals surface area contributed by atoms with Gasteiger partial charge in [0.15, 0.2) is 0 Å². The fraction of sp³-hybridized carbons (Fsp3) is 0.588. The van der Waals surface area contributed by atoms with Crippen LogP contribution in [0.25, 0.3) is 0 Å². The summed E-state index contributed by atoms with van der Waals surface area (Å²) >= 11 is 0. The summed E-state index contributed by atoms with van der Waals surface area (Å²) in [6.07, 6.45) is 0. The van der Waals surface area contributed by atoms with Gasteiger partial charge < -0.3 is 0 Å². The lowest BCUT2D eigenvalue weighted by Crippen LogP contribution is -2.53. The summed E-state index contributed by atoms with van der Waals surface area (Å²) in [5, 5.41) is 9.20. The number of aryl methyl sites for hydroxylation is 2. The van der Waals surface area contributed by atoms with Gasteiger partial charge in [-0.15, -0.1) is 0 Å². The van der Waals surface area contributed by atoms with E-state index in [1.807, 2.05) is 13.8 Å². The van der Waals surface area contributed by atoms with Gasteiger partial charge in [0.25, 0.3) is 0 Å². The number of benzene rings is 1. The molecule has 108 valence electrons. The number of hydrogen-bond acceptors (Lipinski definition) is 3. The molecule has 0 aliphatic carbocycles. The SMILES string of the molecule is Cc1ccc(CN2CCN(C(C)(C)C#N)CC2)cc1C. The Morgan fingerprint density at radius 1 is 1.10 bits per heavy atom. The van der Waals surface area contributed by atoms with E-state index < -0.39 is 0 Å². The minimum absolute atomic E-state index is 0.341. The van der Waals surface area contributed by atoms with Gasteiger partial charge in [0, 0.05) is 32.7 Å². The molecule has 0 radical (unpaired) electrons. The molecule has 0 saturated carbocycles. The summed E-state index contributed by atoms with van der Waals surface area (Å²) in [5.41, 5.74) is 3.77. The topological polar surface area (TPSA) is 30.3 Å². The molecule has 0 N–H and O–H groups in total. The third kappa shape index (κ3) is 3.39. The second-order valence-corrected chi connectivity index (χ2v) is 6.35. The normalized spacial score (nSPS) is 17.9. The number of hydrogen-bond donors (Lipinski definition) is 0. The Kier molecular flexibility index (Phi) is 4.47. The molecule has 1 fully saturated rings. The molecule has 0 amide bonds. The van der Waals surface area contributed by atoms with E-state index in [9.17, 15) is 5.26 Å². The maximum Gasteiger partial charge on any atom is 0.103 e. The fourth-order valence-electron chi connectivity index (χ4n) is 2.70. The number of piperazine rings is 1. The van der Waals surface area contributed by atoms with E-state index in [4.69, 9.17) is 0 Å². The van der Waals surface area contributed by atoms with Gasteiger partial charge in [-0.2, -0.15) is 5.26 Å². The predicted molar refractivity (Wildman–Crippen MR) is 82.5 cm³/mol. The highest BCUT2D eigenvalue weighted by molar-refractivity contribution is 5.29. The Hall–Kier alpha value is -1.37. The molecule has 0 aromatic heterocycles. The molecule has 0 atom stereocenters. The molecular formula is C17H25N3. The lowest BCUT2D eigenvalue weighted by atomic mass is 10.0. The summed E-state index contributed by atoms with van der Waals surface area (Å²) < 4.78 is 0. The Morgan fingerprint density at radius 2 is 1.75 bits per heavy atom. The van der Waals surface area contributed by atoms with Crippen LogP contribution in [-0.2, 0) is 6.54 Å². The first-order valence-corrected chi connectivity index (χ1v) is 7.37.